The molecule has 0 radical (unpaired) electrons. The van der Waals surface area contributed by atoms with Crippen LogP contribution >= 0.6 is 24.8 Å². The minimum atomic E-state index is -0.0714. The van der Waals surface area contributed by atoms with Crippen molar-refractivity contribution in [2.24, 2.45) is 23.5 Å². The Balaban J connectivity index is 0.00000140. The van der Waals surface area contributed by atoms with Gasteiger partial charge in [0.1, 0.15) is 5.75 Å². The summed E-state index contributed by atoms with van der Waals surface area (Å²) in [6, 6.07) is 9.51. The average molecular weight is 424 g/mol. The van der Waals surface area contributed by atoms with Gasteiger partial charge in [-0.1, -0.05) is 6.07 Å². The molecule has 7 heteroatoms. The summed E-state index contributed by atoms with van der Waals surface area (Å²) in [6.07, 6.45) is 5.11. The van der Waals surface area contributed by atoms with E-state index in [2.05, 4.69) is 10.3 Å². The zero-order valence-corrected chi connectivity index (χ0v) is 17.7. The Morgan fingerprint density at radius 3 is 2.57 bits per heavy atom. The summed E-state index contributed by atoms with van der Waals surface area (Å²) in [7, 11) is 0. The molecule has 2 aromatic rings. The molecule has 4 atom stereocenters. The van der Waals surface area contributed by atoms with Gasteiger partial charge in [0, 0.05) is 30.1 Å². The summed E-state index contributed by atoms with van der Waals surface area (Å²) >= 11 is 0. The maximum atomic E-state index is 12.8. The Kier molecular flexibility index (Phi) is 7.32. The molecular weight excluding hydrogens is 397 g/mol. The van der Waals surface area contributed by atoms with Gasteiger partial charge in [-0.25, -0.2) is 4.98 Å². The van der Waals surface area contributed by atoms with Gasteiger partial charge < -0.3 is 15.8 Å². The van der Waals surface area contributed by atoms with E-state index in [4.69, 9.17) is 10.5 Å². The molecular formula is C21H27Cl2N3O2. The smallest absolute Gasteiger partial charge is 0.229 e. The molecule has 4 rings (SSSR count). The van der Waals surface area contributed by atoms with Gasteiger partial charge in [-0.05, 0) is 68.2 Å². The monoisotopic (exact) mass is 423 g/mol. The fourth-order valence-corrected chi connectivity index (χ4v) is 4.42. The van der Waals surface area contributed by atoms with E-state index < -0.39 is 0 Å². The molecule has 28 heavy (non-hydrogen) atoms. The number of carbonyl (C=O) groups excluding carboxylic acids is 1. The van der Waals surface area contributed by atoms with Crippen molar-refractivity contribution >= 4 is 36.4 Å². The van der Waals surface area contributed by atoms with E-state index in [1.54, 1.807) is 6.20 Å². The first kappa shape index (κ1) is 22.5. The van der Waals surface area contributed by atoms with Crippen LogP contribution in [0.25, 0.3) is 0 Å². The van der Waals surface area contributed by atoms with Gasteiger partial charge in [-0.3, -0.25) is 4.79 Å². The molecule has 1 aromatic heterocycles. The fraction of sp³-hybridized carbons (Fsp3) is 0.429. The number of carbonyl (C=O) groups is 1. The molecule has 2 aliphatic carbocycles. The molecule has 1 amide bonds. The van der Waals surface area contributed by atoms with Gasteiger partial charge in [-0.15, -0.1) is 24.8 Å². The van der Waals surface area contributed by atoms with Crippen molar-refractivity contribution in [3.63, 3.8) is 0 Å². The van der Waals surface area contributed by atoms with Gasteiger partial charge in [0.15, 0.2) is 0 Å². The highest BCUT2D eigenvalue weighted by Gasteiger charge is 2.49. The lowest BCUT2D eigenvalue weighted by molar-refractivity contribution is -0.121. The number of anilines is 1. The summed E-state index contributed by atoms with van der Waals surface area (Å²) in [5.74, 6) is 2.16. The van der Waals surface area contributed by atoms with E-state index in [1.807, 2.05) is 44.2 Å². The number of hydrogen-bond acceptors (Lipinski definition) is 4. The van der Waals surface area contributed by atoms with E-state index in [-0.39, 0.29) is 42.7 Å². The SMILES string of the molecule is Cc1ccnc(Oc2cc(NC(=O)C3C4CCC(C4)C3N)ccc2C)c1.Cl.Cl. The Morgan fingerprint density at radius 2 is 1.89 bits per heavy atom. The van der Waals surface area contributed by atoms with Crippen LogP contribution in [0.15, 0.2) is 36.5 Å². The zero-order valence-electron chi connectivity index (χ0n) is 16.1. The number of nitrogens with one attached hydrogen (secondary N) is 1. The van der Waals surface area contributed by atoms with Crippen LogP contribution in [-0.2, 0) is 4.79 Å². The van der Waals surface area contributed by atoms with Crippen LogP contribution in [0.3, 0.4) is 0 Å². The minimum absolute atomic E-state index is 0. The van der Waals surface area contributed by atoms with E-state index in [0.29, 0.717) is 23.5 Å². The van der Waals surface area contributed by atoms with Crippen molar-refractivity contribution in [2.45, 2.75) is 39.2 Å². The summed E-state index contributed by atoms with van der Waals surface area (Å²) in [5, 5.41) is 3.04. The van der Waals surface area contributed by atoms with Crippen molar-refractivity contribution in [1.82, 2.24) is 4.98 Å². The molecule has 2 saturated carbocycles. The molecule has 4 unspecified atom stereocenters. The second-order valence-electron chi connectivity index (χ2n) is 7.68. The molecule has 2 fully saturated rings. The normalized spacial score (nSPS) is 24.8. The number of benzene rings is 1. The molecule has 0 saturated heterocycles. The number of amides is 1. The predicted molar refractivity (Wildman–Crippen MR) is 116 cm³/mol. The standard InChI is InChI=1S/C21H25N3O2.2ClH/c1-12-7-8-23-18(9-12)26-17-11-16(6-3-13(17)2)24-21(25)19-14-4-5-15(10-14)20(19)22;;/h3,6-9,11,14-15,19-20H,4-5,10,22H2,1-2H3,(H,24,25);2*1H. The average Bonchev–Trinajstić information content (AvgIpc) is 3.19. The van der Waals surface area contributed by atoms with Crippen molar-refractivity contribution in [3.8, 4) is 11.6 Å². The van der Waals surface area contributed by atoms with Crippen LogP contribution in [0.4, 0.5) is 5.69 Å². The third-order valence-corrected chi connectivity index (χ3v) is 5.84. The number of nitrogens with two attached hydrogens (primary N) is 1. The molecule has 2 aliphatic rings. The van der Waals surface area contributed by atoms with Crippen LogP contribution in [-0.4, -0.2) is 16.9 Å². The number of aryl methyl sites for hydroxylation is 2. The van der Waals surface area contributed by atoms with Crippen molar-refractivity contribution < 1.29 is 9.53 Å². The maximum absolute atomic E-state index is 12.8. The number of nitrogens with zero attached hydrogens (tertiary/aromatic N) is 1. The number of halogens is 2. The second kappa shape index (κ2) is 9.12. The number of pyridine rings is 1. The Labute approximate surface area is 178 Å². The third kappa shape index (κ3) is 4.43. The first-order chi connectivity index (χ1) is 12.5. The lowest BCUT2D eigenvalue weighted by Gasteiger charge is -2.27. The highest BCUT2D eigenvalue weighted by atomic mass is 35.5. The topological polar surface area (TPSA) is 77.2 Å². The molecule has 0 aliphatic heterocycles. The Morgan fingerprint density at radius 1 is 1.14 bits per heavy atom. The summed E-state index contributed by atoms with van der Waals surface area (Å²) in [6.45, 7) is 3.97. The number of hydrogen-bond donors (Lipinski definition) is 2. The zero-order chi connectivity index (χ0) is 18.3. The highest BCUT2D eigenvalue weighted by Crippen LogP contribution is 2.48. The maximum Gasteiger partial charge on any atom is 0.229 e. The van der Waals surface area contributed by atoms with Crippen molar-refractivity contribution in [3.05, 3.63) is 47.7 Å². The van der Waals surface area contributed by atoms with Crippen molar-refractivity contribution in [1.29, 1.82) is 0 Å². The first-order valence-electron chi connectivity index (χ1n) is 9.29. The lowest BCUT2D eigenvalue weighted by atomic mass is 9.84. The first-order valence-corrected chi connectivity index (χ1v) is 9.29. The van der Waals surface area contributed by atoms with E-state index >= 15 is 0 Å². The van der Waals surface area contributed by atoms with E-state index in [1.165, 1.54) is 6.42 Å². The van der Waals surface area contributed by atoms with Gasteiger partial charge in [0.05, 0.1) is 5.92 Å². The Hall–Kier alpha value is -1.82. The van der Waals surface area contributed by atoms with Crippen LogP contribution in [0.5, 0.6) is 11.6 Å². The summed E-state index contributed by atoms with van der Waals surface area (Å²) in [5.41, 5.74) is 9.10. The van der Waals surface area contributed by atoms with Crippen LogP contribution in [0, 0.1) is 31.6 Å². The van der Waals surface area contributed by atoms with Crippen LogP contribution < -0.4 is 15.8 Å². The van der Waals surface area contributed by atoms with Crippen LogP contribution in [0.1, 0.15) is 30.4 Å². The van der Waals surface area contributed by atoms with Gasteiger partial charge in [0.25, 0.3) is 0 Å². The molecule has 3 N–H and O–H groups in total. The predicted octanol–water partition coefficient (Wildman–Crippen LogP) is 4.65. The largest absolute Gasteiger partial charge is 0.439 e. The number of fused-ring (bicyclic) bond motifs is 2. The van der Waals surface area contributed by atoms with Crippen molar-refractivity contribution in [2.75, 3.05) is 5.32 Å². The Bertz CT molecular complexity index is 844. The number of aromatic nitrogens is 1. The number of ether oxygens (including phenoxy) is 1. The van der Waals surface area contributed by atoms with Gasteiger partial charge in [-0.2, -0.15) is 0 Å². The van der Waals surface area contributed by atoms with Gasteiger partial charge in [0.2, 0.25) is 11.8 Å². The lowest BCUT2D eigenvalue weighted by Crippen LogP contribution is -2.42. The van der Waals surface area contributed by atoms with E-state index in [9.17, 15) is 4.79 Å². The minimum Gasteiger partial charge on any atom is -0.439 e. The highest BCUT2D eigenvalue weighted by molar-refractivity contribution is 5.94. The molecule has 0 spiro atoms. The molecule has 2 bridgehead atoms. The molecule has 5 nitrogen and oxygen atoms in total. The van der Waals surface area contributed by atoms with Gasteiger partial charge >= 0.3 is 0 Å². The van der Waals surface area contributed by atoms with E-state index in [0.717, 1.165) is 29.7 Å². The quantitative estimate of drug-likeness (QED) is 0.749. The summed E-state index contributed by atoms with van der Waals surface area (Å²) in [4.78, 5) is 17.0. The fourth-order valence-electron chi connectivity index (χ4n) is 4.42. The van der Waals surface area contributed by atoms with Crippen LogP contribution in [0.2, 0.25) is 0 Å². The number of rotatable bonds is 4. The second-order valence-corrected chi connectivity index (χ2v) is 7.68. The third-order valence-electron chi connectivity index (χ3n) is 5.84. The molecule has 1 heterocycles. The molecule has 1 aromatic carbocycles. The molecule has 152 valence electrons. The summed E-state index contributed by atoms with van der Waals surface area (Å²) < 4.78 is 5.92.